The van der Waals surface area contributed by atoms with Crippen LogP contribution in [0.4, 0.5) is 4.39 Å². The Morgan fingerprint density at radius 1 is 1.20 bits per heavy atom. The van der Waals surface area contributed by atoms with Gasteiger partial charge in [-0.15, -0.1) is 4.83 Å². The number of hydrogen-bond donors (Lipinski definition) is 2. The summed E-state index contributed by atoms with van der Waals surface area (Å²) in [6.45, 7) is 1.41. The number of benzene rings is 2. The lowest BCUT2D eigenvalue weighted by Gasteiger charge is -2.15. The zero-order valence-electron chi connectivity index (χ0n) is 13.1. The molecule has 9 heteroatoms. The summed E-state index contributed by atoms with van der Waals surface area (Å²) in [5.74, 6) is -1.38. The molecule has 25 heavy (non-hydrogen) atoms. The normalized spacial score (nSPS) is 12.0. The van der Waals surface area contributed by atoms with Crippen molar-refractivity contribution in [2.45, 2.75) is 17.9 Å². The lowest BCUT2D eigenvalue weighted by atomic mass is 10.2. The molecular weight excluding hydrogens is 349 g/mol. The number of carbonyl (C=O) groups is 1. The summed E-state index contributed by atoms with van der Waals surface area (Å²) in [6.07, 6.45) is -1.03. The maximum atomic E-state index is 13.5. The molecule has 0 heterocycles. The first-order chi connectivity index (χ1) is 11.8. The molecule has 0 aliphatic heterocycles. The van der Waals surface area contributed by atoms with Crippen LogP contribution >= 0.6 is 0 Å². The van der Waals surface area contributed by atoms with Crippen molar-refractivity contribution in [3.05, 3.63) is 59.9 Å². The molecule has 0 fully saturated rings. The van der Waals surface area contributed by atoms with Gasteiger partial charge in [-0.05, 0) is 43.3 Å². The topological polar surface area (TPSA) is 108 Å². The third-order valence-electron chi connectivity index (χ3n) is 3.10. The van der Waals surface area contributed by atoms with E-state index in [9.17, 15) is 17.6 Å². The van der Waals surface area contributed by atoms with Gasteiger partial charge < -0.3 is 4.74 Å². The average molecular weight is 363 g/mol. The molecule has 0 aliphatic rings. The van der Waals surface area contributed by atoms with Crippen LogP contribution in [-0.4, -0.2) is 20.4 Å². The van der Waals surface area contributed by atoms with E-state index in [-0.39, 0.29) is 0 Å². The van der Waals surface area contributed by atoms with Crippen molar-refractivity contribution in [3.63, 3.8) is 0 Å². The van der Waals surface area contributed by atoms with Gasteiger partial charge in [0.15, 0.2) is 6.10 Å². The van der Waals surface area contributed by atoms with Gasteiger partial charge in [0.1, 0.15) is 16.5 Å². The summed E-state index contributed by atoms with van der Waals surface area (Å²) in [4.78, 5) is 13.1. The Morgan fingerprint density at radius 3 is 2.44 bits per heavy atom. The van der Waals surface area contributed by atoms with Crippen LogP contribution < -0.4 is 15.0 Å². The highest BCUT2D eigenvalue weighted by Crippen LogP contribution is 2.14. The van der Waals surface area contributed by atoms with E-state index in [1.54, 1.807) is 0 Å². The second-order valence-electron chi connectivity index (χ2n) is 4.92. The molecule has 130 valence electrons. The molecule has 2 rings (SSSR count). The van der Waals surface area contributed by atoms with Crippen LogP contribution in [0, 0.1) is 17.1 Å². The number of hydrogen-bond acceptors (Lipinski definition) is 5. The van der Waals surface area contributed by atoms with E-state index in [0.717, 1.165) is 12.1 Å². The predicted molar refractivity (Wildman–Crippen MR) is 86.1 cm³/mol. The Balaban J connectivity index is 1.97. The highest BCUT2D eigenvalue weighted by atomic mass is 32.2. The molecule has 7 nitrogen and oxygen atoms in total. The molecule has 2 aromatic rings. The quantitative estimate of drug-likeness (QED) is 0.756. The van der Waals surface area contributed by atoms with Gasteiger partial charge in [0.05, 0.1) is 11.6 Å². The SMILES string of the molecule is C[C@H](Oc1ccc(C#N)cc1)C(=O)NNS(=O)(=O)c1ccccc1F. The van der Waals surface area contributed by atoms with Gasteiger partial charge in [-0.3, -0.25) is 10.2 Å². The van der Waals surface area contributed by atoms with Crippen molar-refractivity contribution in [1.82, 2.24) is 10.3 Å². The Hall–Kier alpha value is -2.96. The maximum Gasteiger partial charge on any atom is 0.275 e. The number of halogens is 1. The van der Waals surface area contributed by atoms with Crippen molar-refractivity contribution >= 4 is 15.9 Å². The Labute approximate surface area is 144 Å². The molecule has 2 aromatic carbocycles. The predicted octanol–water partition coefficient (Wildman–Crippen LogP) is 1.47. The number of rotatable bonds is 6. The van der Waals surface area contributed by atoms with Crippen LogP contribution in [0.2, 0.25) is 0 Å². The summed E-state index contributed by atoms with van der Waals surface area (Å²) < 4.78 is 42.8. The van der Waals surface area contributed by atoms with Gasteiger partial charge in [0.2, 0.25) is 0 Å². The van der Waals surface area contributed by atoms with Crippen LogP contribution in [0.25, 0.3) is 0 Å². The summed E-state index contributed by atoms with van der Waals surface area (Å²) in [7, 11) is -4.25. The van der Waals surface area contributed by atoms with Crippen molar-refractivity contribution in [1.29, 1.82) is 5.26 Å². The Morgan fingerprint density at radius 2 is 1.84 bits per heavy atom. The lowest BCUT2D eigenvalue weighted by Crippen LogP contribution is -2.47. The van der Waals surface area contributed by atoms with E-state index in [1.165, 1.54) is 43.3 Å². The van der Waals surface area contributed by atoms with Gasteiger partial charge >= 0.3 is 0 Å². The molecule has 1 atom stereocenters. The monoisotopic (exact) mass is 363 g/mol. The van der Waals surface area contributed by atoms with Crippen molar-refractivity contribution in [2.75, 3.05) is 0 Å². The Bertz CT molecular complexity index is 908. The fraction of sp³-hybridized carbons (Fsp3) is 0.125. The van der Waals surface area contributed by atoms with Crippen LogP contribution in [0.3, 0.4) is 0 Å². The minimum absolute atomic E-state index is 0.332. The van der Waals surface area contributed by atoms with Crippen LogP contribution in [0.15, 0.2) is 53.4 Å². The molecule has 2 N–H and O–H groups in total. The van der Waals surface area contributed by atoms with E-state index in [1.807, 2.05) is 16.3 Å². The number of nitrogens with zero attached hydrogens (tertiary/aromatic N) is 1. The fourth-order valence-corrected chi connectivity index (χ4v) is 2.73. The second kappa shape index (κ2) is 7.74. The lowest BCUT2D eigenvalue weighted by molar-refractivity contribution is -0.127. The van der Waals surface area contributed by atoms with Gasteiger partial charge in [-0.1, -0.05) is 12.1 Å². The molecular formula is C16H14FN3O4S. The number of sulfonamides is 1. The minimum atomic E-state index is -4.25. The summed E-state index contributed by atoms with van der Waals surface area (Å²) in [5, 5.41) is 8.71. The summed E-state index contributed by atoms with van der Waals surface area (Å²) >= 11 is 0. The van der Waals surface area contributed by atoms with E-state index < -0.39 is 32.7 Å². The summed E-state index contributed by atoms with van der Waals surface area (Å²) in [6, 6.07) is 12.8. The first-order valence-electron chi connectivity index (χ1n) is 7.06. The molecule has 0 bridgehead atoms. The third kappa shape index (κ3) is 4.76. The zero-order chi connectivity index (χ0) is 18.4. The standard InChI is InChI=1S/C16H14FN3O4S/c1-11(24-13-8-6-12(10-18)7-9-13)16(21)19-20-25(22,23)15-5-3-2-4-14(15)17/h2-9,11,20H,1H3,(H,19,21)/t11-/m0/s1. The average Bonchev–Trinajstić information content (AvgIpc) is 2.60. The van der Waals surface area contributed by atoms with Crippen LogP contribution in [0.1, 0.15) is 12.5 Å². The number of hydrazine groups is 1. The first-order valence-corrected chi connectivity index (χ1v) is 8.55. The Kier molecular flexibility index (Phi) is 5.69. The number of nitrogens with one attached hydrogen (secondary N) is 2. The highest BCUT2D eigenvalue weighted by molar-refractivity contribution is 7.89. The van der Waals surface area contributed by atoms with Gasteiger partial charge in [-0.25, -0.2) is 12.8 Å². The van der Waals surface area contributed by atoms with Crippen molar-refractivity contribution in [2.24, 2.45) is 0 Å². The molecule has 0 aliphatic carbocycles. The zero-order valence-corrected chi connectivity index (χ0v) is 13.9. The third-order valence-corrected chi connectivity index (χ3v) is 4.38. The van der Waals surface area contributed by atoms with E-state index in [4.69, 9.17) is 10.00 Å². The molecule has 0 radical (unpaired) electrons. The number of nitriles is 1. The van der Waals surface area contributed by atoms with E-state index >= 15 is 0 Å². The molecule has 0 unspecified atom stereocenters. The first kappa shape index (κ1) is 18.4. The second-order valence-corrected chi connectivity index (χ2v) is 6.57. The van der Waals surface area contributed by atoms with E-state index in [2.05, 4.69) is 0 Å². The molecule has 0 spiro atoms. The molecule has 0 saturated heterocycles. The van der Waals surface area contributed by atoms with Crippen LogP contribution in [-0.2, 0) is 14.8 Å². The number of carbonyl (C=O) groups excluding carboxylic acids is 1. The molecule has 0 aromatic heterocycles. The molecule has 0 saturated carbocycles. The fourth-order valence-electron chi connectivity index (χ4n) is 1.80. The molecule has 1 amide bonds. The smallest absolute Gasteiger partial charge is 0.275 e. The van der Waals surface area contributed by atoms with Crippen molar-refractivity contribution in [3.8, 4) is 11.8 Å². The van der Waals surface area contributed by atoms with Gasteiger partial charge in [-0.2, -0.15) is 5.26 Å². The highest BCUT2D eigenvalue weighted by Gasteiger charge is 2.21. The largest absolute Gasteiger partial charge is 0.481 e. The maximum absolute atomic E-state index is 13.5. The summed E-state index contributed by atoms with van der Waals surface area (Å²) in [5.41, 5.74) is 2.40. The van der Waals surface area contributed by atoms with Gasteiger partial charge in [0, 0.05) is 0 Å². The number of ether oxygens (including phenoxy) is 1. The van der Waals surface area contributed by atoms with Crippen LogP contribution in [0.5, 0.6) is 5.75 Å². The minimum Gasteiger partial charge on any atom is -0.481 e. The van der Waals surface area contributed by atoms with Crippen molar-refractivity contribution < 1.29 is 22.3 Å². The number of amides is 1. The van der Waals surface area contributed by atoms with Gasteiger partial charge in [0.25, 0.3) is 15.9 Å². The van der Waals surface area contributed by atoms with E-state index in [0.29, 0.717) is 11.3 Å².